The van der Waals surface area contributed by atoms with E-state index in [0.717, 1.165) is 29.5 Å². The Kier molecular flexibility index (Phi) is 4.79. The van der Waals surface area contributed by atoms with Gasteiger partial charge in [0.05, 0.1) is 16.9 Å². The van der Waals surface area contributed by atoms with Gasteiger partial charge in [-0.05, 0) is 32.3 Å². The fourth-order valence-electron chi connectivity index (χ4n) is 3.00. The molecule has 19 heavy (non-hydrogen) atoms. The maximum Gasteiger partial charge on any atom is 0.103 e. The van der Waals surface area contributed by atoms with Crippen molar-refractivity contribution in [2.45, 2.75) is 52.4 Å². The topological polar surface area (TPSA) is 48.7 Å². The Bertz CT molecular complexity index is 468. The van der Waals surface area contributed by atoms with E-state index in [1.165, 1.54) is 38.5 Å². The largest absolute Gasteiger partial charge is 0.384 e. The highest BCUT2D eigenvalue weighted by Gasteiger charge is 2.13. The Morgan fingerprint density at radius 2 is 2.05 bits per heavy atom. The summed E-state index contributed by atoms with van der Waals surface area (Å²) in [7, 11) is 0. The van der Waals surface area contributed by atoms with Gasteiger partial charge in [0.1, 0.15) is 6.07 Å². The Morgan fingerprint density at radius 3 is 2.74 bits per heavy atom. The quantitative estimate of drug-likeness (QED) is 0.888. The third-order valence-corrected chi connectivity index (χ3v) is 4.03. The van der Waals surface area contributed by atoms with Gasteiger partial charge < -0.3 is 5.32 Å². The summed E-state index contributed by atoms with van der Waals surface area (Å²) in [6.45, 7) is 4.83. The molecule has 0 bridgehead atoms. The van der Waals surface area contributed by atoms with Crippen LogP contribution in [0.1, 0.15) is 55.5 Å². The Balaban J connectivity index is 1.93. The monoisotopic (exact) mass is 257 g/mol. The number of pyridine rings is 1. The number of aryl methyl sites for hydroxylation is 2. The van der Waals surface area contributed by atoms with Crippen LogP contribution in [-0.4, -0.2) is 11.5 Å². The average Bonchev–Trinajstić information content (AvgIpc) is 2.39. The van der Waals surface area contributed by atoms with Gasteiger partial charge in [-0.2, -0.15) is 5.26 Å². The summed E-state index contributed by atoms with van der Waals surface area (Å²) in [4.78, 5) is 4.34. The van der Waals surface area contributed by atoms with E-state index in [-0.39, 0.29) is 0 Å². The summed E-state index contributed by atoms with van der Waals surface area (Å²) in [5, 5.41) is 12.6. The van der Waals surface area contributed by atoms with Crippen LogP contribution >= 0.6 is 0 Å². The first-order chi connectivity index (χ1) is 9.20. The highest BCUT2D eigenvalue weighted by molar-refractivity contribution is 5.59. The lowest BCUT2D eigenvalue weighted by atomic mass is 9.87. The molecule has 0 amide bonds. The van der Waals surface area contributed by atoms with Crippen molar-refractivity contribution >= 4 is 5.69 Å². The van der Waals surface area contributed by atoms with Gasteiger partial charge in [-0.1, -0.05) is 32.1 Å². The van der Waals surface area contributed by atoms with E-state index in [9.17, 15) is 5.26 Å². The standard InChI is InChI=1S/C16H23N3/c1-12-10-16(15(11-17)13(2)19-12)18-9-8-14-6-4-3-5-7-14/h10,14H,3-9H2,1-2H3,(H,18,19). The van der Waals surface area contributed by atoms with E-state index >= 15 is 0 Å². The fraction of sp³-hybridized carbons (Fsp3) is 0.625. The zero-order valence-electron chi connectivity index (χ0n) is 12.0. The van der Waals surface area contributed by atoms with Crippen LogP contribution in [0.4, 0.5) is 5.69 Å². The number of nitrogens with zero attached hydrogens (tertiary/aromatic N) is 2. The van der Waals surface area contributed by atoms with Crippen LogP contribution in [0.3, 0.4) is 0 Å². The molecule has 3 nitrogen and oxygen atoms in total. The van der Waals surface area contributed by atoms with Gasteiger partial charge >= 0.3 is 0 Å². The highest BCUT2D eigenvalue weighted by atomic mass is 14.9. The van der Waals surface area contributed by atoms with Crippen LogP contribution in [0.25, 0.3) is 0 Å². The molecule has 1 fully saturated rings. The number of hydrogen-bond donors (Lipinski definition) is 1. The molecule has 0 aliphatic heterocycles. The van der Waals surface area contributed by atoms with E-state index in [0.29, 0.717) is 5.56 Å². The molecule has 1 aliphatic carbocycles. The molecule has 0 aromatic carbocycles. The summed E-state index contributed by atoms with van der Waals surface area (Å²) in [5.41, 5.74) is 3.43. The lowest BCUT2D eigenvalue weighted by Gasteiger charge is -2.22. The number of nitriles is 1. The van der Waals surface area contributed by atoms with Gasteiger partial charge in [-0.25, -0.2) is 0 Å². The maximum absolute atomic E-state index is 9.21. The predicted molar refractivity (Wildman–Crippen MR) is 78.1 cm³/mol. The molecule has 1 saturated carbocycles. The lowest BCUT2D eigenvalue weighted by molar-refractivity contribution is 0.345. The van der Waals surface area contributed by atoms with Crippen molar-refractivity contribution in [3.05, 3.63) is 23.0 Å². The van der Waals surface area contributed by atoms with Crippen molar-refractivity contribution in [1.29, 1.82) is 5.26 Å². The molecule has 1 aliphatic rings. The molecule has 3 heteroatoms. The summed E-state index contributed by atoms with van der Waals surface area (Å²) < 4.78 is 0. The van der Waals surface area contributed by atoms with Gasteiger partial charge in [-0.15, -0.1) is 0 Å². The molecular formula is C16H23N3. The van der Waals surface area contributed by atoms with Gasteiger partial charge in [0.25, 0.3) is 0 Å². The first-order valence-electron chi connectivity index (χ1n) is 7.33. The first-order valence-corrected chi connectivity index (χ1v) is 7.33. The average molecular weight is 257 g/mol. The number of aromatic nitrogens is 1. The van der Waals surface area contributed by atoms with Crippen LogP contribution in [0.15, 0.2) is 6.07 Å². The minimum atomic E-state index is 0.689. The molecule has 0 saturated heterocycles. The van der Waals surface area contributed by atoms with E-state index in [1.54, 1.807) is 0 Å². The summed E-state index contributed by atoms with van der Waals surface area (Å²) >= 11 is 0. The van der Waals surface area contributed by atoms with Gasteiger partial charge in [0.2, 0.25) is 0 Å². The second kappa shape index (κ2) is 6.56. The molecular weight excluding hydrogens is 234 g/mol. The maximum atomic E-state index is 9.21. The molecule has 1 heterocycles. The highest BCUT2D eigenvalue weighted by Crippen LogP contribution is 2.26. The summed E-state index contributed by atoms with van der Waals surface area (Å²) in [6.07, 6.45) is 8.15. The predicted octanol–water partition coefficient (Wildman–Crippen LogP) is 3.95. The van der Waals surface area contributed by atoms with Crippen molar-refractivity contribution in [2.24, 2.45) is 5.92 Å². The SMILES string of the molecule is Cc1cc(NCCC2CCCCC2)c(C#N)c(C)n1. The van der Waals surface area contributed by atoms with Crippen molar-refractivity contribution in [3.8, 4) is 6.07 Å². The lowest BCUT2D eigenvalue weighted by Crippen LogP contribution is -2.13. The smallest absolute Gasteiger partial charge is 0.103 e. The number of nitrogens with one attached hydrogen (secondary N) is 1. The van der Waals surface area contributed by atoms with Crippen LogP contribution in [0, 0.1) is 31.1 Å². The number of rotatable bonds is 4. The van der Waals surface area contributed by atoms with Crippen molar-refractivity contribution in [2.75, 3.05) is 11.9 Å². The minimum Gasteiger partial charge on any atom is -0.384 e. The second-order valence-corrected chi connectivity index (χ2v) is 5.60. The third-order valence-electron chi connectivity index (χ3n) is 4.03. The van der Waals surface area contributed by atoms with Gasteiger partial charge in [0.15, 0.2) is 0 Å². The number of hydrogen-bond acceptors (Lipinski definition) is 3. The summed E-state index contributed by atoms with van der Waals surface area (Å²) in [5.74, 6) is 0.871. The van der Waals surface area contributed by atoms with Crippen LogP contribution in [0.2, 0.25) is 0 Å². The first kappa shape index (κ1) is 13.9. The molecule has 1 aromatic rings. The van der Waals surface area contributed by atoms with E-state index in [2.05, 4.69) is 16.4 Å². The molecule has 0 unspecified atom stereocenters. The van der Waals surface area contributed by atoms with E-state index in [4.69, 9.17) is 0 Å². The van der Waals surface area contributed by atoms with Gasteiger partial charge in [0, 0.05) is 12.2 Å². The Labute approximate surface area is 116 Å². The fourth-order valence-corrected chi connectivity index (χ4v) is 3.00. The van der Waals surface area contributed by atoms with Crippen LogP contribution in [0.5, 0.6) is 0 Å². The van der Waals surface area contributed by atoms with Crippen LogP contribution in [-0.2, 0) is 0 Å². The molecule has 0 atom stereocenters. The molecule has 1 N–H and O–H groups in total. The molecule has 102 valence electrons. The third kappa shape index (κ3) is 3.70. The Morgan fingerprint density at radius 1 is 1.32 bits per heavy atom. The number of anilines is 1. The van der Waals surface area contributed by atoms with Crippen LogP contribution < -0.4 is 5.32 Å². The second-order valence-electron chi connectivity index (χ2n) is 5.60. The normalized spacial score (nSPS) is 16.1. The van der Waals surface area contributed by atoms with Crippen molar-refractivity contribution < 1.29 is 0 Å². The molecule has 0 radical (unpaired) electrons. The molecule has 0 spiro atoms. The van der Waals surface area contributed by atoms with Crippen molar-refractivity contribution in [1.82, 2.24) is 4.98 Å². The van der Waals surface area contributed by atoms with Gasteiger partial charge in [-0.3, -0.25) is 4.98 Å². The zero-order chi connectivity index (χ0) is 13.7. The zero-order valence-corrected chi connectivity index (χ0v) is 12.0. The van der Waals surface area contributed by atoms with E-state index in [1.807, 2.05) is 19.9 Å². The molecule has 1 aromatic heterocycles. The Hall–Kier alpha value is -1.56. The van der Waals surface area contributed by atoms with E-state index < -0.39 is 0 Å². The summed E-state index contributed by atoms with van der Waals surface area (Å²) in [6, 6.07) is 4.23. The minimum absolute atomic E-state index is 0.689. The molecule has 2 rings (SSSR count). The van der Waals surface area contributed by atoms with Crippen molar-refractivity contribution in [3.63, 3.8) is 0 Å².